The standard InChI is InChI=1S/C23H29F3N4S.ClH/c1-29(2)18-4-3-15-11-19-20(28-17-5-8-30(9-6-17)10-7-27)12-16(23(24,25)26)13-22(19)31-21(15)14-18;/h3-4,12-14,17,28H,5-11,27H2,1-2H3;1H. The van der Waals surface area contributed by atoms with Gasteiger partial charge in [0.15, 0.2) is 0 Å². The monoisotopic (exact) mass is 486 g/mol. The van der Waals surface area contributed by atoms with E-state index in [1.165, 1.54) is 23.9 Å². The molecule has 0 radical (unpaired) electrons. The van der Waals surface area contributed by atoms with Crippen LogP contribution in [0.15, 0.2) is 40.1 Å². The highest BCUT2D eigenvalue weighted by molar-refractivity contribution is 7.99. The fourth-order valence-electron chi connectivity index (χ4n) is 4.29. The average Bonchev–Trinajstić information content (AvgIpc) is 2.72. The summed E-state index contributed by atoms with van der Waals surface area (Å²) in [6, 6.07) is 8.99. The molecule has 9 heteroatoms. The van der Waals surface area contributed by atoms with Gasteiger partial charge in [-0.2, -0.15) is 13.2 Å². The minimum absolute atomic E-state index is 0. The van der Waals surface area contributed by atoms with Gasteiger partial charge >= 0.3 is 6.18 Å². The van der Waals surface area contributed by atoms with Gasteiger partial charge in [0.2, 0.25) is 0 Å². The lowest BCUT2D eigenvalue weighted by Crippen LogP contribution is -2.41. The van der Waals surface area contributed by atoms with Crippen molar-refractivity contribution < 1.29 is 13.2 Å². The van der Waals surface area contributed by atoms with Gasteiger partial charge < -0.3 is 20.9 Å². The van der Waals surface area contributed by atoms with Crippen molar-refractivity contribution in [1.82, 2.24) is 4.90 Å². The second-order valence-corrected chi connectivity index (χ2v) is 9.60. The molecule has 0 aromatic heterocycles. The third-order valence-electron chi connectivity index (χ3n) is 6.08. The van der Waals surface area contributed by atoms with Gasteiger partial charge in [-0.3, -0.25) is 0 Å². The number of piperidine rings is 1. The van der Waals surface area contributed by atoms with E-state index >= 15 is 0 Å². The SMILES string of the molecule is CN(C)c1ccc2c(c1)Sc1cc(C(F)(F)F)cc(NC3CCN(CCN)CC3)c1C2.Cl. The van der Waals surface area contributed by atoms with E-state index in [0.717, 1.165) is 54.2 Å². The van der Waals surface area contributed by atoms with Crippen LogP contribution in [0.1, 0.15) is 29.5 Å². The van der Waals surface area contributed by atoms with Crippen molar-refractivity contribution in [1.29, 1.82) is 0 Å². The number of alkyl halides is 3. The fraction of sp³-hybridized carbons (Fsp3) is 0.478. The molecule has 2 aromatic carbocycles. The largest absolute Gasteiger partial charge is 0.416 e. The summed E-state index contributed by atoms with van der Waals surface area (Å²) < 4.78 is 41.0. The van der Waals surface area contributed by atoms with Crippen molar-refractivity contribution >= 4 is 35.5 Å². The predicted octanol–water partition coefficient (Wildman–Crippen LogP) is 5.08. The first kappa shape index (κ1) is 25.0. The number of hydrogen-bond acceptors (Lipinski definition) is 5. The van der Waals surface area contributed by atoms with Gasteiger partial charge in [0.25, 0.3) is 0 Å². The zero-order valence-electron chi connectivity index (χ0n) is 18.3. The molecule has 2 aliphatic heterocycles. The maximum absolute atomic E-state index is 13.7. The number of fused-ring (bicyclic) bond motifs is 2. The van der Waals surface area contributed by atoms with Gasteiger partial charge in [0.1, 0.15) is 0 Å². The highest BCUT2D eigenvalue weighted by Gasteiger charge is 2.34. The van der Waals surface area contributed by atoms with E-state index in [0.29, 0.717) is 23.5 Å². The first-order chi connectivity index (χ1) is 14.7. The Balaban J connectivity index is 0.00000289. The molecule has 0 amide bonds. The Bertz CT molecular complexity index is 944. The van der Waals surface area contributed by atoms with Crippen LogP contribution in [-0.4, -0.2) is 51.2 Å². The topological polar surface area (TPSA) is 44.5 Å². The number of likely N-dealkylation sites (tertiary alicyclic amines) is 1. The van der Waals surface area contributed by atoms with Gasteiger partial charge in [-0.15, -0.1) is 12.4 Å². The lowest BCUT2D eigenvalue weighted by molar-refractivity contribution is -0.137. The van der Waals surface area contributed by atoms with Crippen LogP contribution in [0.4, 0.5) is 24.5 Å². The molecule has 0 atom stereocenters. The normalized spacial score (nSPS) is 16.7. The van der Waals surface area contributed by atoms with Crippen molar-refractivity contribution in [2.45, 2.75) is 41.3 Å². The van der Waals surface area contributed by atoms with Crippen molar-refractivity contribution in [3.8, 4) is 0 Å². The van der Waals surface area contributed by atoms with Crippen LogP contribution in [-0.2, 0) is 12.6 Å². The van der Waals surface area contributed by atoms with Gasteiger partial charge in [-0.25, -0.2) is 0 Å². The van der Waals surface area contributed by atoms with Crippen LogP contribution < -0.4 is 16.0 Å². The number of nitrogens with two attached hydrogens (primary N) is 1. The summed E-state index contributed by atoms with van der Waals surface area (Å²) in [7, 11) is 3.93. The number of halogens is 4. The number of rotatable bonds is 5. The second-order valence-electron chi connectivity index (χ2n) is 8.51. The van der Waals surface area contributed by atoms with E-state index in [1.54, 1.807) is 0 Å². The Morgan fingerprint density at radius 1 is 1.12 bits per heavy atom. The van der Waals surface area contributed by atoms with Gasteiger partial charge in [-0.05, 0) is 48.2 Å². The third-order valence-corrected chi connectivity index (χ3v) is 7.27. The highest BCUT2D eigenvalue weighted by Crippen LogP contribution is 2.46. The number of benzene rings is 2. The molecule has 176 valence electrons. The summed E-state index contributed by atoms with van der Waals surface area (Å²) in [4.78, 5) is 6.04. The molecule has 0 aliphatic carbocycles. The minimum Gasteiger partial charge on any atom is -0.382 e. The van der Waals surface area contributed by atoms with Crippen molar-refractivity contribution in [3.63, 3.8) is 0 Å². The lowest BCUT2D eigenvalue weighted by Gasteiger charge is -2.34. The molecule has 2 aliphatic rings. The molecule has 0 saturated carbocycles. The minimum atomic E-state index is -4.37. The average molecular weight is 487 g/mol. The molecule has 1 fully saturated rings. The first-order valence-corrected chi connectivity index (χ1v) is 11.5. The van der Waals surface area contributed by atoms with Crippen LogP contribution in [0.25, 0.3) is 0 Å². The summed E-state index contributed by atoms with van der Waals surface area (Å²) in [5.74, 6) is 0. The summed E-state index contributed by atoms with van der Waals surface area (Å²) in [6.07, 6.45) is -1.93. The van der Waals surface area contributed by atoms with Gasteiger partial charge in [0, 0.05) is 73.9 Å². The third kappa shape index (κ3) is 5.47. The van der Waals surface area contributed by atoms with E-state index in [4.69, 9.17) is 5.73 Å². The van der Waals surface area contributed by atoms with Gasteiger partial charge in [-0.1, -0.05) is 17.8 Å². The predicted molar refractivity (Wildman–Crippen MR) is 129 cm³/mol. The van der Waals surface area contributed by atoms with Crippen LogP contribution in [0.5, 0.6) is 0 Å². The quantitative estimate of drug-likeness (QED) is 0.526. The van der Waals surface area contributed by atoms with Crippen LogP contribution >= 0.6 is 24.2 Å². The summed E-state index contributed by atoms with van der Waals surface area (Å²) in [6.45, 7) is 3.33. The number of nitrogens with zero attached hydrogens (tertiary/aromatic N) is 2. The molecule has 0 spiro atoms. The van der Waals surface area contributed by atoms with Gasteiger partial charge in [0.05, 0.1) is 5.56 Å². The molecule has 1 saturated heterocycles. The van der Waals surface area contributed by atoms with E-state index in [9.17, 15) is 13.2 Å². The van der Waals surface area contributed by atoms with Crippen molar-refractivity contribution in [2.24, 2.45) is 5.73 Å². The molecular formula is C23H30ClF3N4S. The van der Waals surface area contributed by atoms with E-state index < -0.39 is 11.7 Å². The maximum atomic E-state index is 13.7. The number of anilines is 2. The molecule has 4 nitrogen and oxygen atoms in total. The Labute approximate surface area is 198 Å². The van der Waals surface area contributed by atoms with Crippen LogP contribution in [0, 0.1) is 0 Å². The summed E-state index contributed by atoms with van der Waals surface area (Å²) in [5.41, 5.74) is 8.85. The van der Waals surface area contributed by atoms with E-state index in [1.807, 2.05) is 19.0 Å². The number of hydrogen-bond donors (Lipinski definition) is 2. The molecule has 2 aromatic rings. The zero-order chi connectivity index (χ0) is 22.2. The molecule has 32 heavy (non-hydrogen) atoms. The fourth-order valence-corrected chi connectivity index (χ4v) is 5.47. The maximum Gasteiger partial charge on any atom is 0.416 e. The molecule has 0 bridgehead atoms. The Hall–Kier alpha value is -1.61. The number of nitrogens with one attached hydrogen (secondary N) is 1. The Kier molecular flexibility index (Phi) is 7.91. The summed E-state index contributed by atoms with van der Waals surface area (Å²) >= 11 is 1.44. The van der Waals surface area contributed by atoms with Crippen LogP contribution in [0.3, 0.4) is 0 Å². The van der Waals surface area contributed by atoms with Crippen molar-refractivity contribution in [3.05, 3.63) is 47.0 Å². The van der Waals surface area contributed by atoms with E-state index in [2.05, 4.69) is 28.4 Å². The molecule has 2 heterocycles. The molecule has 4 rings (SSSR count). The summed E-state index contributed by atoms with van der Waals surface area (Å²) in [5, 5.41) is 3.47. The zero-order valence-corrected chi connectivity index (χ0v) is 20.0. The Morgan fingerprint density at radius 2 is 1.84 bits per heavy atom. The lowest BCUT2D eigenvalue weighted by atomic mass is 9.98. The van der Waals surface area contributed by atoms with Crippen LogP contribution in [0.2, 0.25) is 0 Å². The molecular weight excluding hydrogens is 457 g/mol. The Morgan fingerprint density at radius 3 is 2.47 bits per heavy atom. The smallest absolute Gasteiger partial charge is 0.382 e. The molecule has 0 unspecified atom stereocenters. The highest BCUT2D eigenvalue weighted by atomic mass is 35.5. The van der Waals surface area contributed by atoms with E-state index in [-0.39, 0.29) is 18.4 Å². The second kappa shape index (κ2) is 10.1. The molecule has 3 N–H and O–H groups in total. The van der Waals surface area contributed by atoms with Crippen molar-refractivity contribution in [2.75, 3.05) is 50.5 Å². The first-order valence-electron chi connectivity index (χ1n) is 10.7.